The van der Waals surface area contributed by atoms with E-state index < -0.39 is 0 Å². The van der Waals surface area contributed by atoms with E-state index >= 15 is 0 Å². The maximum absolute atomic E-state index is 12.4. The molecule has 0 aliphatic heterocycles. The summed E-state index contributed by atoms with van der Waals surface area (Å²) >= 11 is 8.12. The van der Waals surface area contributed by atoms with Gasteiger partial charge in [-0.25, -0.2) is 0 Å². The number of halogens is 2. The number of anilines is 2. The number of hydrogen-bond donors (Lipinski definition) is 2. The number of nitrogens with one attached hydrogen (secondary N) is 1. The quantitative estimate of drug-likeness (QED) is 0.626. The number of nitrogen functional groups attached to an aromatic ring is 1. The number of nitrogens with zero attached hydrogens (tertiary/aromatic N) is 1. The Balaban J connectivity index is 1.97. The van der Waals surface area contributed by atoms with Gasteiger partial charge in [-0.05, 0) is 46.3 Å². The summed E-state index contributed by atoms with van der Waals surface area (Å²) in [6, 6.07) is 9.29. The molecule has 1 amide bonds. The normalized spacial score (nSPS) is 10.8. The molecule has 106 valence electrons. The van der Waals surface area contributed by atoms with Crippen LogP contribution < -0.4 is 11.1 Å². The molecule has 0 bridgehead atoms. The van der Waals surface area contributed by atoms with Crippen molar-refractivity contribution in [2.45, 2.75) is 0 Å². The molecule has 3 N–H and O–H groups in total. The fourth-order valence-corrected chi connectivity index (χ4v) is 3.57. The van der Waals surface area contributed by atoms with Gasteiger partial charge in [0.1, 0.15) is 10.4 Å². The maximum atomic E-state index is 12.4. The molecule has 4 nitrogen and oxygen atoms in total. The smallest absolute Gasteiger partial charge is 0.267 e. The SMILES string of the molecule is Nc1c(C(=O)Nc2cc(Br)ccc2Br)sc2cccnc12. The van der Waals surface area contributed by atoms with Gasteiger partial charge in [-0.3, -0.25) is 9.78 Å². The molecule has 0 saturated heterocycles. The molecule has 0 unspecified atom stereocenters. The van der Waals surface area contributed by atoms with E-state index in [1.807, 2.05) is 30.3 Å². The maximum Gasteiger partial charge on any atom is 0.267 e. The average molecular weight is 427 g/mol. The van der Waals surface area contributed by atoms with Crippen LogP contribution in [0.15, 0.2) is 45.5 Å². The molecule has 0 fully saturated rings. The van der Waals surface area contributed by atoms with Gasteiger partial charge in [-0.1, -0.05) is 15.9 Å². The largest absolute Gasteiger partial charge is 0.396 e. The van der Waals surface area contributed by atoms with E-state index in [9.17, 15) is 4.79 Å². The molecule has 0 atom stereocenters. The van der Waals surface area contributed by atoms with Crippen LogP contribution in [0.3, 0.4) is 0 Å². The minimum absolute atomic E-state index is 0.241. The number of hydrogen-bond acceptors (Lipinski definition) is 4. The molecule has 1 aromatic carbocycles. The first-order chi connectivity index (χ1) is 10.1. The van der Waals surface area contributed by atoms with Crippen molar-refractivity contribution in [3.05, 3.63) is 50.4 Å². The lowest BCUT2D eigenvalue weighted by atomic mass is 10.3. The van der Waals surface area contributed by atoms with Crippen molar-refractivity contribution in [2.24, 2.45) is 0 Å². The van der Waals surface area contributed by atoms with Gasteiger partial charge in [0, 0.05) is 15.1 Å². The Hall–Kier alpha value is -1.44. The zero-order chi connectivity index (χ0) is 15.0. The molecule has 0 saturated carbocycles. The van der Waals surface area contributed by atoms with Gasteiger partial charge < -0.3 is 11.1 Å². The molecule has 0 radical (unpaired) electrons. The Labute approximate surface area is 141 Å². The third kappa shape index (κ3) is 2.81. The summed E-state index contributed by atoms with van der Waals surface area (Å²) < 4.78 is 2.58. The van der Waals surface area contributed by atoms with Crippen LogP contribution in [0.4, 0.5) is 11.4 Å². The van der Waals surface area contributed by atoms with E-state index in [0.717, 1.165) is 13.6 Å². The summed E-state index contributed by atoms with van der Waals surface area (Å²) in [6.45, 7) is 0. The molecule has 0 aliphatic rings. The zero-order valence-electron chi connectivity index (χ0n) is 10.6. The molecule has 2 aromatic heterocycles. The Kier molecular flexibility index (Phi) is 3.97. The highest BCUT2D eigenvalue weighted by molar-refractivity contribution is 9.11. The lowest BCUT2D eigenvalue weighted by Crippen LogP contribution is -2.12. The molecular formula is C14H9Br2N3OS. The predicted molar refractivity (Wildman–Crippen MR) is 93.8 cm³/mol. The van der Waals surface area contributed by atoms with Gasteiger partial charge >= 0.3 is 0 Å². The average Bonchev–Trinajstić information content (AvgIpc) is 2.81. The van der Waals surface area contributed by atoms with Crippen LogP contribution in [0.1, 0.15) is 9.67 Å². The van der Waals surface area contributed by atoms with Crippen LogP contribution in [0, 0.1) is 0 Å². The molecule has 0 spiro atoms. The zero-order valence-corrected chi connectivity index (χ0v) is 14.5. The Bertz CT molecular complexity index is 847. The van der Waals surface area contributed by atoms with Crippen molar-refractivity contribution >= 4 is 70.7 Å². The second-order valence-electron chi connectivity index (χ2n) is 4.27. The lowest BCUT2D eigenvalue weighted by Gasteiger charge is -2.07. The van der Waals surface area contributed by atoms with Gasteiger partial charge in [0.15, 0.2) is 0 Å². The van der Waals surface area contributed by atoms with E-state index in [-0.39, 0.29) is 5.91 Å². The second-order valence-corrected chi connectivity index (χ2v) is 7.10. The first kappa shape index (κ1) is 14.5. The molecule has 21 heavy (non-hydrogen) atoms. The van der Waals surface area contributed by atoms with Gasteiger partial charge in [0.25, 0.3) is 5.91 Å². The number of amides is 1. The van der Waals surface area contributed by atoms with Gasteiger partial charge in [0.05, 0.1) is 16.1 Å². The molecule has 3 aromatic rings. The first-order valence-electron chi connectivity index (χ1n) is 5.95. The van der Waals surface area contributed by atoms with Crippen LogP contribution in [0.5, 0.6) is 0 Å². The number of carbonyl (C=O) groups is 1. The molecule has 2 heterocycles. The van der Waals surface area contributed by atoms with Crippen molar-refractivity contribution in [1.29, 1.82) is 0 Å². The van der Waals surface area contributed by atoms with Crippen LogP contribution in [0.2, 0.25) is 0 Å². The Morgan fingerprint density at radius 3 is 2.86 bits per heavy atom. The third-order valence-corrected chi connectivity index (χ3v) is 5.21. The number of aromatic nitrogens is 1. The van der Waals surface area contributed by atoms with E-state index in [1.165, 1.54) is 11.3 Å². The highest BCUT2D eigenvalue weighted by Crippen LogP contribution is 2.33. The fraction of sp³-hybridized carbons (Fsp3) is 0. The van der Waals surface area contributed by atoms with Crippen molar-refractivity contribution in [2.75, 3.05) is 11.1 Å². The van der Waals surface area contributed by atoms with Gasteiger partial charge in [-0.15, -0.1) is 11.3 Å². The van der Waals surface area contributed by atoms with E-state index in [0.29, 0.717) is 21.8 Å². The highest BCUT2D eigenvalue weighted by Gasteiger charge is 2.18. The number of thiophene rings is 1. The fourth-order valence-electron chi connectivity index (χ4n) is 1.89. The van der Waals surface area contributed by atoms with Crippen LogP contribution in [0.25, 0.3) is 10.2 Å². The number of nitrogens with two attached hydrogens (primary N) is 1. The highest BCUT2D eigenvalue weighted by atomic mass is 79.9. The predicted octanol–water partition coefficient (Wildman–Crippen LogP) is 4.66. The number of pyridine rings is 1. The number of rotatable bonds is 2. The first-order valence-corrected chi connectivity index (χ1v) is 8.36. The standard InChI is InChI=1S/C14H9Br2N3OS/c15-7-3-4-8(16)9(6-7)19-14(20)13-11(17)12-10(21-13)2-1-5-18-12/h1-6H,17H2,(H,19,20). The Morgan fingerprint density at radius 2 is 2.10 bits per heavy atom. The minimum atomic E-state index is -0.241. The molecule has 0 aliphatic carbocycles. The lowest BCUT2D eigenvalue weighted by molar-refractivity contribution is 0.103. The summed E-state index contributed by atoms with van der Waals surface area (Å²) in [6.07, 6.45) is 1.66. The topological polar surface area (TPSA) is 68.0 Å². The number of fused-ring (bicyclic) bond motifs is 1. The number of carbonyl (C=O) groups excluding carboxylic acids is 1. The van der Waals surface area contributed by atoms with E-state index in [1.54, 1.807) is 6.20 Å². The number of benzene rings is 1. The second kappa shape index (κ2) is 5.75. The summed E-state index contributed by atoms with van der Waals surface area (Å²) in [5.74, 6) is -0.241. The van der Waals surface area contributed by atoms with Gasteiger partial charge in [0.2, 0.25) is 0 Å². The van der Waals surface area contributed by atoms with Crippen LogP contribution >= 0.6 is 43.2 Å². The van der Waals surface area contributed by atoms with Crippen molar-refractivity contribution in [1.82, 2.24) is 4.98 Å². The van der Waals surface area contributed by atoms with E-state index in [4.69, 9.17) is 5.73 Å². The molecule has 7 heteroatoms. The third-order valence-electron chi connectivity index (χ3n) is 2.87. The van der Waals surface area contributed by atoms with Crippen molar-refractivity contribution in [3.63, 3.8) is 0 Å². The summed E-state index contributed by atoms with van der Waals surface area (Å²) in [4.78, 5) is 17.1. The van der Waals surface area contributed by atoms with Crippen molar-refractivity contribution < 1.29 is 4.79 Å². The van der Waals surface area contributed by atoms with Crippen LogP contribution in [-0.4, -0.2) is 10.9 Å². The summed E-state index contributed by atoms with van der Waals surface area (Å²) in [5.41, 5.74) is 7.79. The summed E-state index contributed by atoms with van der Waals surface area (Å²) in [5, 5.41) is 2.86. The van der Waals surface area contributed by atoms with Crippen LogP contribution in [-0.2, 0) is 0 Å². The monoisotopic (exact) mass is 425 g/mol. The van der Waals surface area contributed by atoms with Gasteiger partial charge in [-0.2, -0.15) is 0 Å². The minimum Gasteiger partial charge on any atom is -0.396 e. The van der Waals surface area contributed by atoms with Crippen molar-refractivity contribution in [3.8, 4) is 0 Å². The van der Waals surface area contributed by atoms with E-state index in [2.05, 4.69) is 42.2 Å². The molecular weight excluding hydrogens is 418 g/mol. The Morgan fingerprint density at radius 1 is 1.29 bits per heavy atom. The molecule has 3 rings (SSSR count). The summed E-state index contributed by atoms with van der Waals surface area (Å²) in [7, 11) is 0.